The van der Waals surface area contributed by atoms with Crippen LogP contribution in [-0.4, -0.2) is 89.1 Å². The molecule has 10 heteroatoms. The number of hydrogen-bond donors (Lipinski definition) is 2. The van der Waals surface area contributed by atoms with E-state index >= 15 is 4.39 Å². The van der Waals surface area contributed by atoms with E-state index in [2.05, 4.69) is 36.0 Å². The molecule has 0 amide bonds. The minimum atomic E-state index is -0.615. The minimum Gasteiger partial charge on any atom is -0.508 e. The molecule has 5 aliphatic rings. The first-order valence-electron chi connectivity index (χ1n) is 16.0. The second kappa shape index (κ2) is 11.4. The third-order valence-corrected chi connectivity index (χ3v) is 10.3. The number of halogens is 1. The molecule has 5 aliphatic heterocycles. The molecule has 2 aromatic carbocycles. The van der Waals surface area contributed by atoms with Crippen LogP contribution in [0.5, 0.6) is 11.8 Å². The number of nitrogens with one attached hydrogen (secondary N) is 1. The third-order valence-electron chi connectivity index (χ3n) is 10.3. The van der Waals surface area contributed by atoms with Gasteiger partial charge in [0.25, 0.3) is 0 Å². The second-order valence-corrected chi connectivity index (χ2v) is 12.9. The molecule has 2 bridgehead atoms. The van der Waals surface area contributed by atoms with Crippen LogP contribution in [0.1, 0.15) is 37.7 Å². The number of phenols is 1. The topological polar surface area (TPSA) is 95.9 Å². The van der Waals surface area contributed by atoms with Crippen molar-refractivity contribution in [3.8, 4) is 35.4 Å². The zero-order chi connectivity index (χ0) is 30.7. The van der Waals surface area contributed by atoms with Crippen LogP contribution in [0, 0.1) is 24.1 Å². The number of aromatic hydroxyl groups is 1. The Kier molecular flexibility index (Phi) is 7.20. The number of hydrogen-bond acceptors (Lipinski definition) is 9. The van der Waals surface area contributed by atoms with E-state index < -0.39 is 5.82 Å². The fourth-order valence-electron chi connectivity index (χ4n) is 8.31. The normalized spacial score (nSPS) is 26.9. The number of phenolic OH excluding ortho intramolecular Hbond substituents is 1. The van der Waals surface area contributed by atoms with Gasteiger partial charge in [-0.3, -0.25) is 9.88 Å². The third kappa shape index (κ3) is 4.94. The SMILES string of the molecule is C#Cc1cccc2cc(O)cc(-c3ncc4c(N5CC6CCC(C5)N6)nc(OC)nc4c3F)c12.C1CC2CC3COCC3N2C1. The molecule has 7 heterocycles. The first-order chi connectivity index (χ1) is 22.0. The van der Waals surface area contributed by atoms with Crippen molar-refractivity contribution in [2.24, 2.45) is 5.92 Å². The molecule has 5 atom stereocenters. The highest BCUT2D eigenvalue weighted by Crippen LogP contribution is 2.40. The molecule has 9 rings (SSSR count). The molecule has 0 saturated carbocycles. The van der Waals surface area contributed by atoms with E-state index in [9.17, 15) is 5.11 Å². The zero-order valence-electron chi connectivity index (χ0n) is 25.4. The highest BCUT2D eigenvalue weighted by Gasteiger charge is 2.46. The summed E-state index contributed by atoms with van der Waals surface area (Å²) in [6.45, 7) is 4.95. The predicted octanol–water partition coefficient (Wildman–Crippen LogP) is 4.49. The van der Waals surface area contributed by atoms with E-state index in [1.165, 1.54) is 39.0 Å². The minimum absolute atomic E-state index is 0.00443. The van der Waals surface area contributed by atoms with Crippen molar-refractivity contribution in [3.63, 3.8) is 0 Å². The van der Waals surface area contributed by atoms with E-state index in [1.54, 1.807) is 24.4 Å². The standard InChI is InChI=1S/C26H22FN5O2.C9H15NO/c1-3-14-5-4-6-15-9-18(33)10-19(21(14)15)23-22(27)24-20(11-28-23)25(31-26(30-24)34-2)32-12-16-7-8-17(13-32)29-16;1-2-8-4-7-5-11-6-9(7)10(8)3-1/h1,4-6,9-11,16-17,29,33H,7-8,12-13H2,2H3;7-9H,1-6H2. The quantitative estimate of drug-likeness (QED) is 0.326. The smallest absolute Gasteiger partial charge is 0.318 e. The van der Waals surface area contributed by atoms with E-state index in [-0.39, 0.29) is 23.0 Å². The van der Waals surface area contributed by atoms with Crippen LogP contribution in [0.4, 0.5) is 10.2 Å². The summed E-state index contributed by atoms with van der Waals surface area (Å²) in [4.78, 5) is 18.2. The first kappa shape index (κ1) is 28.4. The van der Waals surface area contributed by atoms with Crippen molar-refractivity contribution in [1.29, 1.82) is 0 Å². The number of ether oxygens (including phenoxy) is 2. The number of fused-ring (bicyclic) bond motifs is 7. The predicted molar refractivity (Wildman–Crippen MR) is 171 cm³/mol. The summed E-state index contributed by atoms with van der Waals surface area (Å²) in [7, 11) is 1.47. The molecule has 0 aliphatic carbocycles. The number of piperazine rings is 1. The van der Waals surface area contributed by atoms with Crippen LogP contribution in [-0.2, 0) is 4.74 Å². The van der Waals surface area contributed by atoms with Gasteiger partial charge in [0, 0.05) is 65.9 Å². The fourth-order valence-corrected chi connectivity index (χ4v) is 8.31. The lowest BCUT2D eigenvalue weighted by atomic mass is 9.96. The van der Waals surface area contributed by atoms with Crippen molar-refractivity contribution in [1.82, 2.24) is 25.2 Å². The number of terminal acetylenes is 1. The average molecular weight is 609 g/mol. The summed E-state index contributed by atoms with van der Waals surface area (Å²) >= 11 is 0. The van der Waals surface area contributed by atoms with Crippen molar-refractivity contribution < 1.29 is 19.0 Å². The van der Waals surface area contributed by atoms with Gasteiger partial charge in [-0.1, -0.05) is 18.1 Å². The maximum atomic E-state index is 16.1. The summed E-state index contributed by atoms with van der Waals surface area (Å²) in [6, 6.07) is 11.1. The number of pyridine rings is 1. The second-order valence-electron chi connectivity index (χ2n) is 12.9. The molecule has 5 unspecified atom stereocenters. The zero-order valence-corrected chi connectivity index (χ0v) is 25.4. The van der Waals surface area contributed by atoms with Gasteiger partial charge in [0.1, 0.15) is 22.8 Å². The van der Waals surface area contributed by atoms with Gasteiger partial charge >= 0.3 is 6.01 Å². The summed E-state index contributed by atoms with van der Waals surface area (Å²) in [5.41, 5.74) is 1.17. The molecule has 45 heavy (non-hydrogen) atoms. The monoisotopic (exact) mass is 608 g/mol. The van der Waals surface area contributed by atoms with Crippen LogP contribution in [0.3, 0.4) is 0 Å². The summed E-state index contributed by atoms with van der Waals surface area (Å²) < 4.78 is 26.9. The van der Waals surface area contributed by atoms with Crippen LogP contribution >= 0.6 is 0 Å². The first-order valence-corrected chi connectivity index (χ1v) is 16.0. The molecule has 5 fully saturated rings. The highest BCUT2D eigenvalue weighted by molar-refractivity contribution is 6.02. The Labute approximate surface area is 261 Å². The number of nitrogens with zero attached hydrogens (tertiary/aromatic N) is 5. The van der Waals surface area contributed by atoms with Crippen molar-refractivity contribution in [3.05, 3.63) is 47.9 Å². The molecule has 0 spiro atoms. The number of anilines is 1. The summed E-state index contributed by atoms with van der Waals surface area (Å²) in [5.74, 6) is 3.53. The number of aromatic nitrogens is 3. The molecular weight excluding hydrogens is 571 g/mol. The van der Waals surface area contributed by atoms with Gasteiger partial charge < -0.3 is 24.8 Å². The van der Waals surface area contributed by atoms with E-state index in [0.717, 1.165) is 57.1 Å². The molecule has 9 nitrogen and oxygen atoms in total. The van der Waals surface area contributed by atoms with Crippen molar-refractivity contribution in [2.75, 3.05) is 44.9 Å². The van der Waals surface area contributed by atoms with Crippen LogP contribution < -0.4 is 15.0 Å². The number of methoxy groups -OCH3 is 1. The van der Waals surface area contributed by atoms with Gasteiger partial charge in [-0.2, -0.15) is 9.97 Å². The van der Waals surface area contributed by atoms with Crippen molar-refractivity contribution in [2.45, 2.75) is 56.3 Å². The van der Waals surface area contributed by atoms with E-state index in [1.807, 2.05) is 6.07 Å². The average Bonchev–Trinajstić information content (AvgIpc) is 3.84. The Morgan fingerprint density at radius 2 is 1.98 bits per heavy atom. The van der Waals surface area contributed by atoms with Crippen LogP contribution in [0.2, 0.25) is 0 Å². The van der Waals surface area contributed by atoms with E-state index in [4.69, 9.17) is 15.9 Å². The van der Waals surface area contributed by atoms with Gasteiger partial charge in [0.15, 0.2) is 5.82 Å². The van der Waals surface area contributed by atoms with Gasteiger partial charge in [-0.25, -0.2) is 4.39 Å². The van der Waals surface area contributed by atoms with Gasteiger partial charge in [-0.05, 0) is 62.2 Å². The van der Waals surface area contributed by atoms with E-state index in [0.29, 0.717) is 45.2 Å². The molecule has 2 N–H and O–H groups in total. The van der Waals surface area contributed by atoms with Gasteiger partial charge in [0.05, 0.1) is 25.7 Å². The maximum absolute atomic E-state index is 16.1. The molecule has 5 saturated heterocycles. The molecule has 0 radical (unpaired) electrons. The Hall–Kier alpha value is -4.04. The largest absolute Gasteiger partial charge is 0.508 e. The van der Waals surface area contributed by atoms with Crippen molar-refractivity contribution >= 4 is 27.5 Å². The number of benzene rings is 2. The Balaban J connectivity index is 0.000000227. The lowest BCUT2D eigenvalue weighted by molar-refractivity contribution is 0.140. The molecule has 2 aromatic heterocycles. The number of rotatable bonds is 3. The van der Waals surface area contributed by atoms with Gasteiger partial charge in [0.2, 0.25) is 0 Å². The van der Waals surface area contributed by atoms with Gasteiger partial charge in [-0.15, -0.1) is 6.42 Å². The highest BCUT2D eigenvalue weighted by atomic mass is 19.1. The molecule has 232 valence electrons. The maximum Gasteiger partial charge on any atom is 0.318 e. The summed E-state index contributed by atoms with van der Waals surface area (Å²) in [5, 5.41) is 15.8. The summed E-state index contributed by atoms with van der Waals surface area (Å²) in [6.07, 6.45) is 13.8. The Morgan fingerprint density at radius 3 is 2.78 bits per heavy atom. The molecular formula is C35H37FN6O3. The van der Waals surface area contributed by atoms with Crippen LogP contribution in [0.25, 0.3) is 32.9 Å². The lowest BCUT2D eigenvalue weighted by Gasteiger charge is -2.34. The van der Waals surface area contributed by atoms with Crippen LogP contribution in [0.15, 0.2) is 36.5 Å². The Morgan fingerprint density at radius 1 is 1.13 bits per heavy atom. The Bertz CT molecular complexity index is 1800. The fraction of sp³-hybridized carbons (Fsp3) is 0.457. The lowest BCUT2D eigenvalue weighted by Crippen LogP contribution is -2.51. The molecule has 4 aromatic rings.